The van der Waals surface area contributed by atoms with Gasteiger partial charge in [-0.25, -0.2) is 0 Å². The Labute approximate surface area is 164 Å². The van der Waals surface area contributed by atoms with Gasteiger partial charge in [0.15, 0.2) is 5.96 Å². The van der Waals surface area contributed by atoms with Crippen LogP contribution in [-0.2, 0) is 25.9 Å². The molecule has 0 fully saturated rings. The number of nitrogens with one attached hydrogen (secondary N) is 2. The molecule has 3 N–H and O–H groups in total. The molecule has 3 rings (SSSR count). The van der Waals surface area contributed by atoms with Crippen LogP contribution in [-0.4, -0.2) is 18.1 Å². The fraction of sp³-hybridized carbons (Fsp3) is 0.389. The lowest BCUT2D eigenvalue weighted by molar-refractivity contribution is 0.464. The predicted molar refractivity (Wildman–Crippen MR) is 112 cm³/mol. The van der Waals surface area contributed by atoms with Gasteiger partial charge in [0.25, 0.3) is 0 Å². The Balaban J connectivity index is 0.00000208. The second-order valence-corrected chi connectivity index (χ2v) is 6.80. The number of hydrogen-bond donors (Lipinski definition) is 3. The van der Waals surface area contributed by atoms with Crippen molar-refractivity contribution in [2.45, 2.75) is 38.8 Å². The second kappa shape index (κ2) is 9.27. The van der Waals surface area contributed by atoms with Crippen molar-refractivity contribution in [3.8, 4) is 5.75 Å². The van der Waals surface area contributed by atoms with E-state index in [0.29, 0.717) is 12.3 Å². The Morgan fingerprint density at radius 3 is 2.71 bits per heavy atom. The quantitative estimate of drug-likeness (QED) is 0.372. The van der Waals surface area contributed by atoms with Gasteiger partial charge in [-0.3, -0.25) is 4.99 Å². The summed E-state index contributed by atoms with van der Waals surface area (Å²) in [6.45, 7) is 1.36. The molecule has 4 nitrogen and oxygen atoms in total. The smallest absolute Gasteiger partial charge is 0.191 e. The summed E-state index contributed by atoms with van der Waals surface area (Å²) in [5.74, 6) is 1.14. The number of rotatable bonds is 4. The summed E-state index contributed by atoms with van der Waals surface area (Å²) in [4.78, 5) is 5.53. The van der Waals surface area contributed by atoms with Gasteiger partial charge in [-0.15, -0.1) is 35.3 Å². The summed E-state index contributed by atoms with van der Waals surface area (Å²) >= 11 is 1.73. The first-order valence-corrected chi connectivity index (χ1v) is 8.95. The first kappa shape index (κ1) is 19.1. The number of fused-ring (bicyclic) bond motifs is 1. The van der Waals surface area contributed by atoms with Gasteiger partial charge in [0.05, 0.1) is 6.54 Å². The van der Waals surface area contributed by atoms with Crippen molar-refractivity contribution in [1.29, 1.82) is 0 Å². The summed E-state index contributed by atoms with van der Waals surface area (Å²) in [5, 5.41) is 18.9. The number of nitrogens with zero attached hydrogens (tertiary/aromatic N) is 1. The van der Waals surface area contributed by atoms with E-state index in [0.717, 1.165) is 30.9 Å². The third kappa shape index (κ3) is 4.63. The standard InChI is InChI=1S/C18H23N3OS.HI/c1-19-18(20-11-14-6-4-10-23-14)21-12-16-15-7-3-2-5-13(15)8-9-17(16)22;/h4,6,8-10,22H,2-3,5,7,11-12H2,1H3,(H2,19,20,21);1H. The van der Waals surface area contributed by atoms with Gasteiger partial charge in [0.2, 0.25) is 0 Å². The first-order valence-electron chi connectivity index (χ1n) is 8.07. The zero-order valence-corrected chi connectivity index (χ0v) is 17.0. The Morgan fingerprint density at radius 1 is 1.17 bits per heavy atom. The molecule has 2 aromatic rings. The van der Waals surface area contributed by atoms with Gasteiger partial charge in [-0.1, -0.05) is 12.1 Å². The van der Waals surface area contributed by atoms with E-state index in [9.17, 15) is 5.11 Å². The molecule has 0 saturated carbocycles. The minimum Gasteiger partial charge on any atom is -0.508 e. The fourth-order valence-corrected chi connectivity index (χ4v) is 3.71. The van der Waals surface area contributed by atoms with Crippen LogP contribution in [0.3, 0.4) is 0 Å². The maximum Gasteiger partial charge on any atom is 0.191 e. The molecule has 130 valence electrons. The van der Waals surface area contributed by atoms with E-state index in [-0.39, 0.29) is 24.0 Å². The van der Waals surface area contributed by atoms with E-state index in [4.69, 9.17) is 0 Å². The Hall–Kier alpha value is -1.28. The molecule has 0 unspecified atom stereocenters. The first-order chi connectivity index (χ1) is 11.3. The molecule has 1 aliphatic rings. The normalized spacial score (nSPS) is 13.8. The molecular weight excluding hydrogens is 433 g/mol. The lowest BCUT2D eigenvalue weighted by atomic mass is 9.88. The van der Waals surface area contributed by atoms with Crippen molar-refractivity contribution >= 4 is 41.3 Å². The highest BCUT2D eigenvalue weighted by Crippen LogP contribution is 2.30. The van der Waals surface area contributed by atoms with Crippen LogP contribution in [0.25, 0.3) is 0 Å². The highest BCUT2D eigenvalue weighted by atomic mass is 127. The number of thiophene rings is 1. The number of benzene rings is 1. The molecule has 0 saturated heterocycles. The van der Waals surface area contributed by atoms with E-state index < -0.39 is 0 Å². The van der Waals surface area contributed by atoms with Crippen LogP contribution in [0.2, 0.25) is 0 Å². The number of aryl methyl sites for hydroxylation is 1. The molecular formula is C18H24IN3OS. The van der Waals surface area contributed by atoms with Gasteiger partial charge in [0, 0.05) is 24.0 Å². The highest BCUT2D eigenvalue weighted by Gasteiger charge is 2.16. The number of aromatic hydroxyl groups is 1. The molecule has 1 aliphatic carbocycles. The summed E-state index contributed by atoms with van der Waals surface area (Å²) in [7, 11) is 1.77. The molecule has 6 heteroatoms. The SMILES string of the molecule is CN=C(NCc1cccs1)NCc1c(O)ccc2c1CCCC2.I. The summed E-state index contributed by atoms with van der Waals surface area (Å²) in [5.41, 5.74) is 3.71. The highest BCUT2D eigenvalue weighted by molar-refractivity contribution is 14.0. The van der Waals surface area contributed by atoms with Gasteiger partial charge < -0.3 is 15.7 Å². The number of phenolic OH excluding ortho intramolecular Hbond substituents is 1. The van der Waals surface area contributed by atoms with Crippen molar-refractivity contribution in [2.75, 3.05) is 7.05 Å². The van der Waals surface area contributed by atoms with E-state index in [1.807, 2.05) is 12.1 Å². The van der Waals surface area contributed by atoms with Gasteiger partial charge in [0.1, 0.15) is 5.75 Å². The van der Waals surface area contributed by atoms with Crippen LogP contribution < -0.4 is 10.6 Å². The largest absolute Gasteiger partial charge is 0.508 e. The zero-order valence-electron chi connectivity index (χ0n) is 13.8. The number of aliphatic imine (C=N–C) groups is 1. The third-order valence-corrected chi connectivity index (χ3v) is 5.17. The lowest BCUT2D eigenvalue weighted by Gasteiger charge is -2.21. The van der Waals surface area contributed by atoms with Crippen molar-refractivity contribution in [3.05, 3.63) is 51.2 Å². The van der Waals surface area contributed by atoms with Gasteiger partial charge in [-0.05, 0) is 54.3 Å². The monoisotopic (exact) mass is 457 g/mol. The molecule has 0 atom stereocenters. The molecule has 1 heterocycles. The van der Waals surface area contributed by atoms with Crippen molar-refractivity contribution in [1.82, 2.24) is 10.6 Å². The summed E-state index contributed by atoms with van der Waals surface area (Å²) < 4.78 is 0. The summed E-state index contributed by atoms with van der Waals surface area (Å²) in [6, 6.07) is 8.04. The third-order valence-electron chi connectivity index (χ3n) is 4.29. The number of guanidine groups is 1. The maximum atomic E-state index is 10.2. The minimum atomic E-state index is 0. The van der Waals surface area contributed by atoms with Crippen molar-refractivity contribution in [2.24, 2.45) is 4.99 Å². The summed E-state index contributed by atoms with van der Waals surface area (Å²) in [6.07, 6.45) is 4.62. The lowest BCUT2D eigenvalue weighted by Crippen LogP contribution is -2.36. The van der Waals surface area contributed by atoms with Crippen molar-refractivity contribution < 1.29 is 5.11 Å². The Bertz CT molecular complexity index is 686. The van der Waals surface area contributed by atoms with Crippen LogP contribution in [0.4, 0.5) is 0 Å². The fourth-order valence-electron chi connectivity index (χ4n) is 3.07. The molecule has 1 aromatic carbocycles. The van der Waals surface area contributed by atoms with Crippen molar-refractivity contribution in [3.63, 3.8) is 0 Å². The van der Waals surface area contributed by atoms with E-state index in [1.54, 1.807) is 18.4 Å². The van der Waals surface area contributed by atoms with Crippen LogP contribution in [0.1, 0.15) is 34.4 Å². The Morgan fingerprint density at radius 2 is 1.96 bits per heavy atom. The van der Waals surface area contributed by atoms with Crippen LogP contribution in [0, 0.1) is 0 Å². The molecule has 0 aliphatic heterocycles. The van der Waals surface area contributed by atoms with Gasteiger partial charge in [-0.2, -0.15) is 0 Å². The average Bonchev–Trinajstić information content (AvgIpc) is 3.10. The molecule has 0 radical (unpaired) electrons. The van der Waals surface area contributed by atoms with E-state index in [1.165, 1.54) is 28.8 Å². The molecule has 0 spiro atoms. The van der Waals surface area contributed by atoms with Crippen LogP contribution in [0.15, 0.2) is 34.6 Å². The van der Waals surface area contributed by atoms with Gasteiger partial charge >= 0.3 is 0 Å². The van der Waals surface area contributed by atoms with E-state index in [2.05, 4.69) is 33.1 Å². The molecule has 0 amide bonds. The molecule has 24 heavy (non-hydrogen) atoms. The molecule has 0 bridgehead atoms. The average molecular weight is 457 g/mol. The number of hydrogen-bond acceptors (Lipinski definition) is 3. The topological polar surface area (TPSA) is 56.7 Å². The zero-order chi connectivity index (χ0) is 16.1. The van der Waals surface area contributed by atoms with E-state index >= 15 is 0 Å². The second-order valence-electron chi connectivity index (χ2n) is 5.77. The maximum absolute atomic E-state index is 10.2. The number of phenols is 1. The Kier molecular flexibility index (Phi) is 7.36. The molecule has 1 aromatic heterocycles. The van der Waals surface area contributed by atoms with Crippen LogP contribution in [0.5, 0.6) is 5.75 Å². The minimum absolute atomic E-state index is 0. The predicted octanol–water partition coefficient (Wildman–Crippen LogP) is 3.82. The van der Waals surface area contributed by atoms with Crippen LogP contribution >= 0.6 is 35.3 Å². The number of halogens is 1.